The van der Waals surface area contributed by atoms with Gasteiger partial charge < -0.3 is 9.52 Å². The van der Waals surface area contributed by atoms with Crippen LogP contribution in [0.25, 0.3) is 11.3 Å². The number of aromatic carboxylic acids is 1. The van der Waals surface area contributed by atoms with Gasteiger partial charge in [0.15, 0.2) is 0 Å². The first kappa shape index (κ1) is 13.0. The maximum atomic E-state index is 11.1. The van der Waals surface area contributed by atoms with Gasteiger partial charge in [0.2, 0.25) is 0 Å². The van der Waals surface area contributed by atoms with Gasteiger partial charge in [-0.3, -0.25) is 0 Å². The zero-order valence-corrected chi connectivity index (χ0v) is 11.3. The van der Waals surface area contributed by atoms with E-state index in [9.17, 15) is 4.79 Å². The van der Waals surface area contributed by atoms with E-state index >= 15 is 0 Å². The highest BCUT2D eigenvalue weighted by molar-refractivity contribution is 6.35. The van der Waals surface area contributed by atoms with Crippen molar-refractivity contribution in [3.63, 3.8) is 0 Å². The number of carboxylic acid groups (broad SMARTS) is 1. The van der Waals surface area contributed by atoms with Crippen molar-refractivity contribution in [2.24, 2.45) is 0 Å². The number of hydrogen-bond acceptors (Lipinski definition) is 2. The minimum Gasteiger partial charge on any atom is -0.478 e. The van der Waals surface area contributed by atoms with Crippen molar-refractivity contribution in [2.75, 3.05) is 0 Å². The van der Waals surface area contributed by atoms with Gasteiger partial charge in [-0.05, 0) is 32.0 Å². The minimum atomic E-state index is -1.02. The lowest BCUT2D eigenvalue weighted by Crippen LogP contribution is -1.98. The van der Waals surface area contributed by atoms with Crippen molar-refractivity contribution < 1.29 is 14.3 Å². The Morgan fingerprint density at radius 2 is 1.94 bits per heavy atom. The normalized spacial score (nSPS) is 10.7. The van der Waals surface area contributed by atoms with Gasteiger partial charge in [0, 0.05) is 16.1 Å². The van der Waals surface area contributed by atoms with Crippen molar-refractivity contribution in [1.82, 2.24) is 0 Å². The maximum Gasteiger partial charge on any atom is 0.339 e. The molecule has 0 aliphatic rings. The first-order valence-electron chi connectivity index (χ1n) is 5.20. The number of carbonyl (C=O) groups is 1. The summed E-state index contributed by atoms with van der Waals surface area (Å²) in [6.45, 7) is 3.30. The Kier molecular flexibility index (Phi) is 3.37. The van der Waals surface area contributed by atoms with E-state index < -0.39 is 5.97 Å². The lowest BCUT2D eigenvalue weighted by atomic mass is 10.1. The molecule has 0 saturated carbocycles. The summed E-state index contributed by atoms with van der Waals surface area (Å²) in [7, 11) is 0. The van der Waals surface area contributed by atoms with Crippen LogP contribution in [0.3, 0.4) is 0 Å². The van der Waals surface area contributed by atoms with Crippen LogP contribution < -0.4 is 0 Å². The van der Waals surface area contributed by atoms with Crippen molar-refractivity contribution >= 4 is 29.2 Å². The molecule has 1 heterocycles. The predicted octanol–water partition coefficient (Wildman–Crippen LogP) is 4.57. The predicted molar refractivity (Wildman–Crippen MR) is 70.6 cm³/mol. The molecular formula is C13H10Cl2O3. The lowest BCUT2D eigenvalue weighted by Gasteiger charge is -2.03. The van der Waals surface area contributed by atoms with E-state index in [1.807, 2.05) is 0 Å². The van der Waals surface area contributed by atoms with Crippen LogP contribution in [0.4, 0.5) is 0 Å². The van der Waals surface area contributed by atoms with Crippen LogP contribution in [0.1, 0.15) is 21.7 Å². The molecule has 0 radical (unpaired) electrons. The summed E-state index contributed by atoms with van der Waals surface area (Å²) in [6, 6.07) is 4.97. The monoisotopic (exact) mass is 284 g/mol. The fraction of sp³-hybridized carbons (Fsp3) is 0.154. The lowest BCUT2D eigenvalue weighted by molar-refractivity contribution is 0.0694. The van der Waals surface area contributed by atoms with Gasteiger partial charge in [-0.25, -0.2) is 4.79 Å². The quantitative estimate of drug-likeness (QED) is 0.879. The molecule has 5 heteroatoms. The highest BCUT2D eigenvalue weighted by Gasteiger charge is 2.22. The zero-order chi connectivity index (χ0) is 13.4. The summed E-state index contributed by atoms with van der Waals surface area (Å²) in [6.07, 6.45) is 0. The van der Waals surface area contributed by atoms with Crippen molar-refractivity contribution in [3.8, 4) is 11.3 Å². The van der Waals surface area contributed by atoms with E-state index in [0.29, 0.717) is 32.7 Å². The van der Waals surface area contributed by atoms with Crippen LogP contribution in [-0.2, 0) is 0 Å². The first-order chi connectivity index (χ1) is 8.41. The second-order valence-corrected chi connectivity index (χ2v) is 4.76. The van der Waals surface area contributed by atoms with Crippen LogP contribution >= 0.6 is 23.2 Å². The van der Waals surface area contributed by atoms with E-state index in [1.54, 1.807) is 32.0 Å². The fourth-order valence-electron chi connectivity index (χ4n) is 1.90. The third-order valence-corrected chi connectivity index (χ3v) is 3.27. The Labute approximate surface area is 114 Å². The standard InChI is InChI=1S/C13H10Cl2O3/c1-6-11(13(16)17)7(2)18-12(6)9-5-8(14)3-4-10(9)15/h3-5H,1-2H3,(H,16,17). The van der Waals surface area contributed by atoms with Gasteiger partial charge in [-0.2, -0.15) is 0 Å². The number of carboxylic acids is 1. The molecule has 0 atom stereocenters. The molecule has 0 aliphatic carbocycles. The summed E-state index contributed by atoms with van der Waals surface area (Å²) in [5.74, 6) is -0.221. The van der Waals surface area contributed by atoms with Crippen molar-refractivity contribution in [1.29, 1.82) is 0 Å². The summed E-state index contributed by atoms with van der Waals surface area (Å²) in [5.41, 5.74) is 1.31. The molecule has 1 aromatic carbocycles. The third-order valence-electron chi connectivity index (χ3n) is 2.71. The van der Waals surface area contributed by atoms with E-state index in [4.69, 9.17) is 32.7 Å². The molecule has 2 aromatic rings. The largest absolute Gasteiger partial charge is 0.478 e. The molecule has 0 aliphatic heterocycles. The second kappa shape index (κ2) is 4.67. The topological polar surface area (TPSA) is 50.4 Å². The second-order valence-electron chi connectivity index (χ2n) is 3.92. The van der Waals surface area contributed by atoms with Gasteiger partial charge in [0.25, 0.3) is 0 Å². The highest BCUT2D eigenvalue weighted by atomic mass is 35.5. The van der Waals surface area contributed by atoms with Gasteiger partial charge >= 0.3 is 5.97 Å². The van der Waals surface area contributed by atoms with Gasteiger partial charge in [-0.1, -0.05) is 23.2 Å². The molecule has 18 heavy (non-hydrogen) atoms. The molecule has 94 valence electrons. The Morgan fingerprint density at radius 1 is 1.28 bits per heavy atom. The van der Waals surface area contributed by atoms with E-state index in [-0.39, 0.29) is 5.56 Å². The molecule has 2 rings (SSSR count). The molecular weight excluding hydrogens is 275 g/mol. The molecule has 0 amide bonds. The van der Waals surface area contributed by atoms with Crippen LogP contribution in [0.5, 0.6) is 0 Å². The third kappa shape index (κ3) is 2.11. The molecule has 0 bridgehead atoms. The Hall–Kier alpha value is -1.45. The number of hydrogen-bond donors (Lipinski definition) is 1. The van der Waals surface area contributed by atoms with Gasteiger partial charge in [0.05, 0.1) is 5.02 Å². The number of aryl methyl sites for hydroxylation is 1. The van der Waals surface area contributed by atoms with Crippen molar-refractivity contribution in [3.05, 3.63) is 45.1 Å². The zero-order valence-electron chi connectivity index (χ0n) is 9.75. The smallest absolute Gasteiger partial charge is 0.339 e. The number of furan rings is 1. The summed E-state index contributed by atoms with van der Waals surface area (Å²) in [5, 5.41) is 10.1. The first-order valence-corrected chi connectivity index (χ1v) is 5.96. The van der Waals surface area contributed by atoms with Gasteiger partial charge in [0.1, 0.15) is 17.1 Å². The minimum absolute atomic E-state index is 0.168. The Balaban J connectivity index is 2.69. The van der Waals surface area contributed by atoms with Gasteiger partial charge in [-0.15, -0.1) is 0 Å². The molecule has 1 N–H and O–H groups in total. The number of rotatable bonds is 2. The average Bonchev–Trinajstić information content (AvgIpc) is 2.57. The van der Waals surface area contributed by atoms with Crippen LogP contribution in [0, 0.1) is 13.8 Å². The van der Waals surface area contributed by atoms with Crippen LogP contribution in [0.2, 0.25) is 10.0 Å². The molecule has 0 saturated heterocycles. The summed E-state index contributed by atoms with van der Waals surface area (Å²) < 4.78 is 5.50. The summed E-state index contributed by atoms with van der Waals surface area (Å²) in [4.78, 5) is 11.1. The van der Waals surface area contributed by atoms with E-state index in [1.165, 1.54) is 0 Å². The molecule has 0 spiro atoms. The fourth-order valence-corrected chi connectivity index (χ4v) is 2.27. The maximum absolute atomic E-state index is 11.1. The number of halogens is 2. The number of benzene rings is 1. The molecule has 0 unspecified atom stereocenters. The Morgan fingerprint density at radius 3 is 2.50 bits per heavy atom. The van der Waals surface area contributed by atoms with Crippen molar-refractivity contribution in [2.45, 2.75) is 13.8 Å². The molecule has 0 fully saturated rings. The van der Waals surface area contributed by atoms with Crippen LogP contribution in [0.15, 0.2) is 22.6 Å². The highest BCUT2D eigenvalue weighted by Crippen LogP contribution is 2.36. The van der Waals surface area contributed by atoms with Crippen LogP contribution in [-0.4, -0.2) is 11.1 Å². The van der Waals surface area contributed by atoms with E-state index in [2.05, 4.69) is 0 Å². The molecule has 1 aromatic heterocycles. The Bertz CT molecular complexity index is 629. The van der Waals surface area contributed by atoms with E-state index in [0.717, 1.165) is 0 Å². The average molecular weight is 285 g/mol. The SMILES string of the molecule is Cc1oc(-c2cc(Cl)ccc2Cl)c(C)c1C(=O)O. The molecule has 3 nitrogen and oxygen atoms in total. The summed E-state index contributed by atoms with van der Waals surface area (Å²) >= 11 is 12.0.